The molecule has 2 N–H and O–H groups in total. The average molecular weight is 487 g/mol. The first-order valence-electron chi connectivity index (χ1n) is 12.2. The van der Waals surface area contributed by atoms with E-state index in [1.165, 1.54) is 0 Å². The Bertz CT molecular complexity index is 1020. The molecule has 0 aromatic heterocycles. The zero-order valence-corrected chi connectivity index (χ0v) is 22.2. The van der Waals surface area contributed by atoms with E-state index in [0.29, 0.717) is 0 Å². The van der Waals surface area contributed by atoms with Gasteiger partial charge in [0.25, 0.3) is 0 Å². The average Bonchev–Trinajstić information content (AvgIpc) is 2.73. The van der Waals surface area contributed by atoms with Crippen molar-refractivity contribution < 1.29 is 14.7 Å². The number of aryl methyl sites for hydroxylation is 1. The van der Waals surface area contributed by atoms with E-state index in [1.807, 2.05) is 12.3 Å². The number of aliphatic carboxylic acids is 1. The summed E-state index contributed by atoms with van der Waals surface area (Å²) in [4.78, 5) is 26.0. The van der Waals surface area contributed by atoms with Gasteiger partial charge in [-0.05, 0) is 71.6 Å². The zero-order chi connectivity index (χ0) is 25.5. The summed E-state index contributed by atoms with van der Waals surface area (Å²) in [6.07, 6.45) is 5.86. The van der Waals surface area contributed by atoms with Crippen LogP contribution in [0, 0.1) is 16.7 Å². The summed E-state index contributed by atoms with van der Waals surface area (Å²) in [7, 11) is 0. The molecule has 3 rings (SSSR count). The van der Waals surface area contributed by atoms with Gasteiger partial charge in [-0.3, -0.25) is 0 Å². The number of hydrogen-bond donors (Lipinski definition) is 2. The Balaban J connectivity index is 1.98. The minimum absolute atomic E-state index is 0.0736. The van der Waals surface area contributed by atoms with Crippen LogP contribution < -0.4 is 5.32 Å². The molecule has 1 saturated carbocycles. The molecule has 1 aromatic carbocycles. The molecule has 2 amide bonds. The predicted octanol–water partition coefficient (Wildman–Crippen LogP) is 6.91. The van der Waals surface area contributed by atoms with Crippen molar-refractivity contribution in [1.82, 2.24) is 10.2 Å². The third-order valence-electron chi connectivity index (χ3n) is 7.80. The molecule has 1 aliphatic carbocycles. The quantitative estimate of drug-likeness (QED) is 0.411. The summed E-state index contributed by atoms with van der Waals surface area (Å²) in [5.74, 6) is -0.820. The van der Waals surface area contributed by atoms with Gasteiger partial charge in [-0.25, -0.2) is 9.59 Å². The number of urea groups is 1. The molecule has 34 heavy (non-hydrogen) atoms. The predicted molar refractivity (Wildman–Crippen MR) is 138 cm³/mol. The third-order valence-corrected chi connectivity index (χ3v) is 8.15. The molecule has 6 heteroatoms. The molecule has 1 heterocycles. The fourth-order valence-corrected chi connectivity index (χ4v) is 5.21. The van der Waals surface area contributed by atoms with Crippen molar-refractivity contribution in [1.29, 1.82) is 0 Å². The van der Waals surface area contributed by atoms with Crippen molar-refractivity contribution in [2.45, 2.75) is 79.2 Å². The number of hydrogen-bond acceptors (Lipinski definition) is 2. The molecule has 2 atom stereocenters. The molecular weight excluding hydrogens is 448 g/mol. The summed E-state index contributed by atoms with van der Waals surface area (Å²) in [6.45, 7) is 17.3. The van der Waals surface area contributed by atoms with E-state index in [0.717, 1.165) is 47.4 Å². The lowest BCUT2D eigenvalue weighted by molar-refractivity contribution is -0.132. The first kappa shape index (κ1) is 26.3. The number of nitrogens with one attached hydrogen (secondary N) is 1. The number of amides is 2. The van der Waals surface area contributed by atoms with Crippen LogP contribution in [-0.4, -0.2) is 28.6 Å². The van der Waals surface area contributed by atoms with Gasteiger partial charge in [0.05, 0.1) is 5.54 Å². The lowest BCUT2D eigenvalue weighted by Gasteiger charge is -2.53. The molecule has 0 bridgehead atoms. The molecule has 2 aliphatic rings. The van der Waals surface area contributed by atoms with Gasteiger partial charge in [-0.2, -0.15) is 0 Å². The molecule has 0 spiro atoms. The van der Waals surface area contributed by atoms with Gasteiger partial charge < -0.3 is 15.3 Å². The van der Waals surface area contributed by atoms with Crippen molar-refractivity contribution in [3.8, 4) is 0 Å². The number of carbonyl (C=O) groups excluding carboxylic acids is 1. The second-order valence-electron chi connectivity index (χ2n) is 11.8. The first-order chi connectivity index (χ1) is 15.7. The summed E-state index contributed by atoms with van der Waals surface area (Å²) in [5.41, 5.74) is 3.06. The van der Waals surface area contributed by atoms with E-state index in [4.69, 9.17) is 16.7 Å². The molecule has 5 nitrogen and oxygen atoms in total. The van der Waals surface area contributed by atoms with Gasteiger partial charge in [0, 0.05) is 23.3 Å². The Labute approximate surface area is 209 Å². The maximum Gasteiger partial charge on any atom is 0.331 e. The molecule has 1 fully saturated rings. The monoisotopic (exact) mass is 486 g/mol. The number of benzene rings is 1. The van der Waals surface area contributed by atoms with Gasteiger partial charge >= 0.3 is 12.0 Å². The van der Waals surface area contributed by atoms with Gasteiger partial charge in [-0.15, -0.1) is 0 Å². The summed E-state index contributed by atoms with van der Waals surface area (Å²) < 4.78 is 0. The van der Waals surface area contributed by atoms with Gasteiger partial charge in [0.1, 0.15) is 0 Å². The second kappa shape index (κ2) is 9.41. The number of nitrogens with zero attached hydrogens (tertiary/aromatic N) is 1. The number of halogens is 1. The summed E-state index contributed by atoms with van der Waals surface area (Å²) in [6, 6.07) is 6.03. The fourth-order valence-electron chi connectivity index (χ4n) is 4.94. The second-order valence-corrected chi connectivity index (χ2v) is 12.3. The minimum Gasteiger partial charge on any atom is -0.478 e. The van der Waals surface area contributed by atoms with Crippen molar-refractivity contribution in [3.05, 3.63) is 58.3 Å². The van der Waals surface area contributed by atoms with E-state index in [2.05, 4.69) is 65.6 Å². The SMILES string of the molecule is C=C(CCN1C=C2C(C)C(C)(C)CC[C@]2(c2ccc(CCC(C)(C)C)c(Cl)c2)NC1=O)C(=O)O. The molecular formula is C28H39ClN2O3. The Morgan fingerprint density at radius 3 is 2.56 bits per heavy atom. The van der Waals surface area contributed by atoms with Crippen LogP contribution in [0.2, 0.25) is 5.02 Å². The fraction of sp³-hybridized carbons (Fsp3) is 0.571. The maximum atomic E-state index is 13.2. The number of carboxylic acids is 1. The van der Waals surface area contributed by atoms with Crippen LogP contribution >= 0.6 is 11.6 Å². The normalized spacial score (nSPS) is 24.2. The third kappa shape index (κ3) is 5.35. The Morgan fingerprint density at radius 1 is 1.29 bits per heavy atom. The van der Waals surface area contributed by atoms with Crippen molar-refractivity contribution >= 4 is 23.6 Å². The Hall–Kier alpha value is -2.27. The van der Waals surface area contributed by atoms with E-state index < -0.39 is 11.5 Å². The highest BCUT2D eigenvalue weighted by molar-refractivity contribution is 6.31. The Kier molecular flexibility index (Phi) is 7.29. The van der Waals surface area contributed by atoms with Crippen LogP contribution in [0.4, 0.5) is 4.79 Å². The van der Waals surface area contributed by atoms with Crippen LogP contribution in [-0.2, 0) is 16.8 Å². The summed E-state index contributed by atoms with van der Waals surface area (Å²) in [5, 5.41) is 13.2. The number of carboxylic acid groups (broad SMARTS) is 1. The highest BCUT2D eigenvalue weighted by Crippen LogP contribution is 2.53. The van der Waals surface area contributed by atoms with Crippen molar-refractivity contribution in [2.75, 3.05) is 6.54 Å². The lowest BCUT2D eigenvalue weighted by Crippen LogP contribution is -2.59. The van der Waals surface area contributed by atoms with Crippen LogP contribution in [0.3, 0.4) is 0 Å². The molecule has 1 aromatic rings. The topological polar surface area (TPSA) is 69.6 Å². The van der Waals surface area contributed by atoms with E-state index >= 15 is 0 Å². The zero-order valence-electron chi connectivity index (χ0n) is 21.4. The van der Waals surface area contributed by atoms with Crippen molar-refractivity contribution in [2.24, 2.45) is 16.7 Å². The smallest absolute Gasteiger partial charge is 0.331 e. The first-order valence-corrected chi connectivity index (χ1v) is 12.5. The molecule has 186 valence electrons. The largest absolute Gasteiger partial charge is 0.478 e. The van der Waals surface area contributed by atoms with Crippen molar-refractivity contribution in [3.63, 3.8) is 0 Å². The minimum atomic E-state index is -1.03. The highest BCUT2D eigenvalue weighted by Gasteiger charge is 2.51. The van der Waals surface area contributed by atoms with Gasteiger partial charge in [-0.1, -0.05) is 71.9 Å². The van der Waals surface area contributed by atoms with Crippen LogP contribution in [0.1, 0.15) is 78.4 Å². The molecule has 0 radical (unpaired) electrons. The number of carbonyl (C=O) groups is 2. The Morgan fingerprint density at radius 2 is 1.97 bits per heavy atom. The van der Waals surface area contributed by atoms with Gasteiger partial charge in [0.15, 0.2) is 0 Å². The van der Waals surface area contributed by atoms with Crippen LogP contribution in [0.5, 0.6) is 0 Å². The maximum absolute atomic E-state index is 13.2. The van der Waals surface area contributed by atoms with E-state index in [-0.39, 0.29) is 41.3 Å². The molecule has 1 unspecified atom stereocenters. The van der Waals surface area contributed by atoms with Gasteiger partial charge in [0.2, 0.25) is 0 Å². The number of fused-ring (bicyclic) bond motifs is 1. The van der Waals surface area contributed by atoms with E-state index in [1.54, 1.807) is 4.90 Å². The molecule has 0 saturated heterocycles. The van der Waals surface area contributed by atoms with Crippen LogP contribution in [0.25, 0.3) is 0 Å². The lowest BCUT2D eigenvalue weighted by atomic mass is 9.58. The number of rotatable bonds is 7. The standard InChI is InChI=1S/C28H39ClN2O3/c1-18(24(32)33)11-15-31-17-22-19(2)27(6,7)13-14-28(22,30-25(31)34)21-9-8-20(23(29)16-21)10-12-26(3,4)5/h8-9,16-17,19H,1,10-15H2,2-7H3,(H,30,34)(H,32,33)/t19?,28-/m1/s1. The molecule has 1 aliphatic heterocycles. The summed E-state index contributed by atoms with van der Waals surface area (Å²) >= 11 is 6.77. The van der Waals surface area contributed by atoms with E-state index in [9.17, 15) is 9.59 Å². The van der Waals surface area contributed by atoms with Crippen LogP contribution in [0.15, 0.2) is 42.1 Å². The highest BCUT2D eigenvalue weighted by atomic mass is 35.5.